The highest BCUT2D eigenvalue weighted by Gasteiger charge is 2.39. The lowest BCUT2D eigenvalue weighted by Gasteiger charge is -2.24. The molecule has 1 aromatic heterocycles. The number of pyridine rings is 1. The first-order valence-corrected chi connectivity index (χ1v) is 8.51. The number of nitrogens with one attached hydrogen (secondary N) is 2. The van der Waals surface area contributed by atoms with Crippen molar-refractivity contribution >= 4 is 37.5 Å². The van der Waals surface area contributed by atoms with Crippen molar-refractivity contribution in [1.29, 1.82) is 0 Å². The molecule has 110 valence electrons. The molecule has 2 heterocycles. The van der Waals surface area contributed by atoms with Crippen LogP contribution in [0.3, 0.4) is 0 Å². The second kappa shape index (κ2) is 5.30. The molecule has 1 atom stereocenters. The molecule has 1 aromatic rings. The van der Waals surface area contributed by atoms with Gasteiger partial charge in [-0.1, -0.05) is 0 Å². The maximum absolute atomic E-state index is 12.3. The van der Waals surface area contributed by atoms with E-state index in [4.69, 9.17) is 5.84 Å². The Morgan fingerprint density at radius 3 is 2.80 bits per heavy atom. The van der Waals surface area contributed by atoms with Crippen LogP contribution >= 0.6 is 15.9 Å². The lowest BCUT2D eigenvalue weighted by Crippen LogP contribution is -2.47. The van der Waals surface area contributed by atoms with E-state index in [2.05, 4.69) is 31.7 Å². The zero-order valence-corrected chi connectivity index (χ0v) is 13.2. The van der Waals surface area contributed by atoms with E-state index in [0.717, 1.165) is 0 Å². The number of hydrogen-bond donors (Lipinski definition) is 3. The molecule has 7 nitrogen and oxygen atoms in total. The highest BCUT2D eigenvalue weighted by molar-refractivity contribution is 9.10. The summed E-state index contributed by atoms with van der Waals surface area (Å²) in [6.07, 6.45) is 1.90. The van der Waals surface area contributed by atoms with Crippen molar-refractivity contribution in [3.8, 4) is 0 Å². The summed E-state index contributed by atoms with van der Waals surface area (Å²) in [6, 6.07) is 1.57. The van der Waals surface area contributed by atoms with Gasteiger partial charge in [0.05, 0.1) is 22.6 Å². The highest BCUT2D eigenvalue weighted by Crippen LogP contribution is 2.24. The van der Waals surface area contributed by atoms with Crippen LogP contribution in [0, 0.1) is 0 Å². The van der Waals surface area contributed by atoms with Crippen molar-refractivity contribution in [2.75, 3.05) is 16.9 Å². The molecule has 20 heavy (non-hydrogen) atoms. The number of hydrogen-bond acceptors (Lipinski definition) is 6. The first-order valence-electron chi connectivity index (χ1n) is 5.90. The van der Waals surface area contributed by atoms with E-state index < -0.39 is 21.3 Å². The minimum Gasteiger partial charge on any atom is -0.346 e. The molecule has 1 fully saturated rings. The third-order valence-corrected chi connectivity index (χ3v) is 5.49. The minimum absolute atomic E-state index is 0.0570. The van der Waals surface area contributed by atoms with Crippen molar-refractivity contribution in [2.24, 2.45) is 5.84 Å². The van der Waals surface area contributed by atoms with Crippen LogP contribution in [0.4, 0.5) is 5.82 Å². The van der Waals surface area contributed by atoms with Crippen LogP contribution < -0.4 is 16.6 Å². The smallest absolute Gasteiger partial charge is 0.255 e. The Labute approximate surface area is 125 Å². The Morgan fingerprint density at radius 1 is 1.55 bits per heavy atom. The average molecular weight is 363 g/mol. The van der Waals surface area contributed by atoms with Crippen LogP contribution in [0.1, 0.15) is 23.7 Å². The fourth-order valence-corrected chi connectivity index (χ4v) is 4.60. The van der Waals surface area contributed by atoms with Crippen LogP contribution in [0.15, 0.2) is 16.7 Å². The number of anilines is 1. The lowest BCUT2D eigenvalue weighted by molar-refractivity contribution is 0.0916. The summed E-state index contributed by atoms with van der Waals surface area (Å²) in [7, 11) is -3.09. The second-order valence-corrected chi connectivity index (χ2v) is 8.15. The Morgan fingerprint density at radius 2 is 2.25 bits per heavy atom. The molecule has 2 rings (SSSR count). The Hall–Kier alpha value is -1.19. The molecular formula is C11H15BrN4O3S. The van der Waals surface area contributed by atoms with E-state index >= 15 is 0 Å². The number of nitrogen functional groups attached to an aromatic ring is 1. The topological polar surface area (TPSA) is 114 Å². The van der Waals surface area contributed by atoms with E-state index in [1.807, 2.05) is 0 Å². The van der Waals surface area contributed by atoms with Gasteiger partial charge < -0.3 is 10.7 Å². The molecule has 0 bridgehead atoms. The normalized spacial score (nSPS) is 24.4. The van der Waals surface area contributed by atoms with Gasteiger partial charge in [-0.15, -0.1) is 0 Å². The number of amides is 1. The summed E-state index contributed by atoms with van der Waals surface area (Å²) in [5.41, 5.74) is 1.84. The van der Waals surface area contributed by atoms with Crippen LogP contribution in [0.5, 0.6) is 0 Å². The summed E-state index contributed by atoms with van der Waals surface area (Å²) < 4.78 is 23.7. The van der Waals surface area contributed by atoms with Gasteiger partial charge in [0.25, 0.3) is 5.91 Å². The van der Waals surface area contributed by atoms with Crippen molar-refractivity contribution in [3.63, 3.8) is 0 Å². The van der Waals surface area contributed by atoms with Gasteiger partial charge in [-0.05, 0) is 35.3 Å². The lowest BCUT2D eigenvalue weighted by atomic mass is 10.0. The summed E-state index contributed by atoms with van der Waals surface area (Å²) in [6.45, 7) is 1.72. The maximum atomic E-state index is 12.3. The molecule has 1 saturated heterocycles. The van der Waals surface area contributed by atoms with E-state index in [1.54, 1.807) is 13.0 Å². The average Bonchev–Trinajstić information content (AvgIpc) is 2.63. The highest BCUT2D eigenvalue weighted by atomic mass is 79.9. The Kier molecular flexibility index (Phi) is 4.03. The zero-order chi connectivity index (χ0) is 15.0. The zero-order valence-electron chi connectivity index (χ0n) is 10.8. The van der Waals surface area contributed by atoms with E-state index in [1.165, 1.54) is 6.20 Å². The number of hydrazine groups is 1. The molecule has 0 aromatic carbocycles. The second-order valence-electron chi connectivity index (χ2n) is 5.05. The van der Waals surface area contributed by atoms with Crippen molar-refractivity contribution < 1.29 is 13.2 Å². The SMILES string of the molecule is CC1(NC(=O)c2cc(Br)cnc2NN)CCS(=O)(=O)C1. The summed E-state index contributed by atoms with van der Waals surface area (Å²) in [5, 5.41) is 2.75. The summed E-state index contributed by atoms with van der Waals surface area (Å²) in [5.74, 6) is 5.17. The third-order valence-electron chi connectivity index (χ3n) is 3.15. The molecule has 1 aliphatic rings. The van der Waals surface area contributed by atoms with Gasteiger partial charge >= 0.3 is 0 Å². The number of nitrogens with zero attached hydrogens (tertiary/aromatic N) is 1. The van der Waals surface area contributed by atoms with Gasteiger partial charge in [0, 0.05) is 10.7 Å². The molecule has 0 spiro atoms. The predicted molar refractivity (Wildman–Crippen MR) is 78.9 cm³/mol. The number of sulfone groups is 1. The number of nitrogens with two attached hydrogens (primary N) is 1. The van der Waals surface area contributed by atoms with Crippen molar-refractivity contribution in [2.45, 2.75) is 18.9 Å². The fourth-order valence-electron chi connectivity index (χ4n) is 2.18. The van der Waals surface area contributed by atoms with Gasteiger partial charge in [0.1, 0.15) is 0 Å². The van der Waals surface area contributed by atoms with Gasteiger partial charge in [-0.2, -0.15) is 0 Å². The monoisotopic (exact) mass is 362 g/mol. The third kappa shape index (κ3) is 3.28. The van der Waals surface area contributed by atoms with E-state index in [-0.39, 0.29) is 22.9 Å². The van der Waals surface area contributed by atoms with Gasteiger partial charge in [0.15, 0.2) is 15.7 Å². The molecule has 1 aliphatic heterocycles. The van der Waals surface area contributed by atoms with Crippen LogP contribution in [0.2, 0.25) is 0 Å². The molecule has 0 radical (unpaired) electrons. The number of aromatic nitrogens is 1. The predicted octanol–water partition coefficient (Wildman–Crippen LogP) is 0.437. The first-order chi connectivity index (χ1) is 9.25. The van der Waals surface area contributed by atoms with Crippen molar-refractivity contribution in [1.82, 2.24) is 10.3 Å². The number of carbonyl (C=O) groups is 1. The minimum atomic E-state index is -3.09. The number of rotatable bonds is 3. The summed E-state index contributed by atoms with van der Waals surface area (Å²) in [4.78, 5) is 16.3. The first kappa shape index (κ1) is 15.2. The van der Waals surface area contributed by atoms with Gasteiger partial charge in [-0.3, -0.25) is 4.79 Å². The largest absolute Gasteiger partial charge is 0.346 e. The molecular weight excluding hydrogens is 348 g/mol. The van der Waals surface area contributed by atoms with Gasteiger partial charge in [0.2, 0.25) is 0 Å². The number of halogens is 1. The van der Waals surface area contributed by atoms with E-state index in [0.29, 0.717) is 10.9 Å². The summed E-state index contributed by atoms with van der Waals surface area (Å²) >= 11 is 3.23. The fraction of sp³-hybridized carbons (Fsp3) is 0.455. The Bertz CT molecular complexity index is 649. The van der Waals surface area contributed by atoms with Crippen molar-refractivity contribution in [3.05, 3.63) is 22.3 Å². The van der Waals surface area contributed by atoms with E-state index in [9.17, 15) is 13.2 Å². The molecule has 1 unspecified atom stereocenters. The van der Waals surface area contributed by atoms with Gasteiger partial charge in [-0.25, -0.2) is 19.2 Å². The van der Waals surface area contributed by atoms with Crippen LogP contribution in [0.25, 0.3) is 0 Å². The quantitative estimate of drug-likeness (QED) is 0.530. The molecule has 0 aliphatic carbocycles. The molecule has 0 saturated carbocycles. The molecule has 1 amide bonds. The standard InChI is InChI=1S/C11H15BrN4O3S/c1-11(2-3-20(18,19)6-11)15-10(17)8-4-7(12)5-14-9(8)16-13/h4-5H,2-3,6,13H2,1H3,(H,14,16)(H,15,17). The number of carbonyl (C=O) groups excluding carboxylic acids is 1. The van der Waals surface area contributed by atoms with Crippen LogP contribution in [-0.2, 0) is 9.84 Å². The maximum Gasteiger partial charge on any atom is 0.255 e. The Balaban J connectivity index is 2.23. The molecule has 4 N–H and O–H groups in total. The van der Waals surface area contributed by atoms with Crippen LogP contribution in [-0.4, -0.2) is 36.4 Å². The molecule has 9 heteroatoms.